The van der Waals surface area contributed by atoms with Gasteiger partial charge < -0.3 is 0 Å². The smallest absolute Gasteiger partial charge is 0.0936 e. The van der Waals surface area contributed by atoms with Gasteiger partial charge in [0.05, 0.1) is 6.10 Å². The molecule has 1 atom stereocenters. The van der Waals surface area contributed by atoms with Crippen molar-refractivity contribution in [2.24, 2.45) is 0 Å². The van der Waals surface area contributed by atoms with E-state index in [9.17, 15) is 5.11 Å². The standard InChI is InChI=1S/C7H11O/c1-3-4-5-6-7(2)8/h3-5,7H,1,6H2,2H3. The molecule has 0 bridgehead atoms. The summed E-state index contributed by atoms with van der Waals surface area (Å²) in [6, 6.07) is 0. The minimum absolute atomic E-state index is 0.480. The number of rotatable bonds is 3. The van der Waals surface area contributed by atoms with Crippen molar-refractivity contribution in [1.82, 2.24) is 0 Å². The molecule has 0 aliphatic carbocycles. The highest BCUT2D eigenvalue weighted by Crippen LogP contribution is 1.90. The van der Waals surface area contributed by atoms with E-state index in [1.54, 1.807) is 19.1 Å². The lowest BCUT2D eigenvalue weighted by atomic mass is 10.3. The first kappa shape index (κ1) is 7.44. The fourth-order valence-corrected chi connectivity index (χ4v) is 0.366. The highest BCUT2D eigenvalue weighted by Gasteiger charge is 1.88. The molecular weight excluding hydrogens is 100 g/mol. The van der Waals surface area contributed by atoms with Gasteiger partial charge in [0.1, 0.15) is 0 Å². The summed E-state index contributed by atoms with van der Waals surface area (Å²) >= 11 is 0. The molecule has 1 radical (unpaired) electrons. The van der Waals surface area contributed by atoms with Crippen LogP contribution in [0.1, 0.15) is 13.3 Å². The molecule has 45 valence electrons. The van der Waals surface area contributed by atoms with Crippen LogP contribution in [0.5, 0.6) is 0 Å². The van der Waals surface area contributed by atoms with E-state index in [2.05, 4.69) is 6.58 Å². The molecule has 0 aromatic rings. The molecule has 0 spiro atoms. The Morgan fingerprint density at radius 3 is 2.75 bits per heavy atom. The lowest BCUT2D eigenvalue weighted by Crippen LogP contribution is -1.92. The van der Waals surface area contributed by atoms with Gasteiger partial charge in [-0.05, 0) is 13.3 Å². The zero-order chi connectivity index (χ0) is 6.41. The predicted molar refractivity (Wildman–Crippen MR) is 34.1 cm³/mol. The summed E-state index contributed by atoms with van der Waals surface area (Å²) in [5.41, 5.74) is 0. The lowest BCUT2D eigenvalue weighted by molar-refractivity contribution is 0.108. The average Bonchev–Trinajstić information content (AvgIpc) is 1.66. The molecule has 0 aliphatic rings. The van der Waals surface area contributed by atoms with Crippen LogP contribution in [0.4, 0.5) is 0 Å². The van der Waals surface area contributed by atoms with Crippen LogP contribution in [0.15, 0.2) is 24.8 Å². The summed E-state index contributed by atoms with van der Waals surface area (Å²) in [6.07, 6.45) is 5.40. The second-order valence-corrected chi connectivity index (χ2v) is 1.71. The first-order valence-corrected chi connectivity index (χ1v) is 2.70. The van der Waals surface area contributed by atoms with Crippen LogP contribution in [0.25, 0.3) is 0 Å². The van der Waals surface area contributed by atoms with Crippen LogP contribution in [0.3, 0.4) is 0 Å². The molecule has 0 heterocycles. The monoisotopic (exact) mass is 111 g/mol. The van der Waals surface area contributed by atoms with Gasteiger partial charge in [0.25, 0.3) is 0 Å². The minimum atomic E-state index is -0.480. The van der Waals surface area contributed by atoms with Gasteiger partial charge in [-0.3, -0.25) is 0 Å². The van der Waals surface area contributed by atoms with E-state index < -0.39 is 6.10 Å². The van der Waals surface area contributed by atoms with E-state index in [0.717, 1.165) is 0 Å². The number of allylic oxidation sites excluding steroid dienone is 2. The predicted octanol–water partition coefficient (Wildman–Crippen LogP) is 1.94. The van der Waals surface area contributed by atoms with Gasteiger partial charge in [-0.25, -0.2) is 5.11 Å². The second-order valence-electron chi connectivity index (χ2n) is 1.71. The van der Waals surface area contributed by atoms with Gasteiger partial charge in [0.15, 0.2) is 0 Å². The molecular formula is C7H11O. The maximum Gasteiger partial charge on any atom is 0.0936 e. The fourth-order valence-electron chi connectivity index (χ4n) is 0.366. The van der Waals surface area contributed by atoms with Gasteiger partial charge in [-0.1, -0.05) is 24.8 Å². The topological polar surface area (TPSA) is 19.9 Å². The Balaban J connectivity index is 3.15. The zero-order valence-electron chi connectivity index (χ0n) is 5.13. The molecule has 1 unspecified atom stereocenters. The first-order chi connectivity index (χ1) is 3.77. The van der Waals surface area contributed by atoms with Gasteiger partial charge in [0, 0.05) is 0 Å². The Morgan fingerprint density at radius 1 is 1.75 bits per heavy atom. The highest BCUT2D eigenvalue weighted by molar-refractivity contribution is 4.97. The molecule has 0 N–H and O–H groups in total. The molecule has 1 nitrogen and oxygen atoms in total. The quantitative estimate of drug-likeness (QED) is 0.496. The van der Waals surface area contributed by atoms with Crippen molar-refractivity contribution in [2.75, 3.05) is 0 Å². The van der Waals surface area contributed by atoms with Crippen molar-refractivity contribution < 1.29 is 5.11 Å². The molecule has 0 aliphatic heterocycles. The molecule has 0 aromatic carbocycles. The van der Waals surface area contributed by atoms with E-state index in [1.165, 1.54) is 0 Å². The Labute approximate surface area is 50.3 Å². The lowest BCUT2D eigenvalue weighted by Gasteiger charge is -1.90. The summed E-state index contributed by atoms with van der Waals surface area (Å²) < 4.78 is 0. The average molecular weight is 111 g/mol. The van der Waals surface area contributed by atoms with Crippen molar-refractivity contribution >= 4 is 0 Å². The fraction of sp³-hybridized carbons (Fsp3) is 0.429. The molecule has 0 rings (SSSR count). The van der Waals surface area contributed by atoms with Crippen LogP contribution in [0, 0.1) is 0 Å². The van der Waals surface area contributed by atoms with Crippen LogP contribution in [-0.2, 0) is 5.11 Å². The van der Waals surface area contributed by atoms with Crippen molar-refractivity contribution in [3.05, 3.63) is 24.8 Å². The van der Waals surface area contributed by atoms with E-state index in [0.29, 0.717) is 6.42 Å². The van der Waals surface area contributed by atoms with Crippen LogP contribution >= 0.6 is 0 Å². The van der Waals surface area contributed by atoms with Gasteiger partial charge in [0.2, 0.25) is 0 Å². The molecule has 8 heavy (non-hydrogen) atoms. The molecule has 0 saturated heterocycles. The number of hydrogen-bond acceptors (Lipinski definition) is 0. The van der Waals surface area contributed by atoms with Gasteiger partial charge in [-0.2, -0.15) is 0 Å². The van der Waals surface area contributed by atoms with Gasteiger partial charge >= 0.3 is 0 Å². The van der Waals surface area contributed by atoms with Crippen LogP contribution in [-0.4, -0.2) is 6.10 Å². The Kier molecular flexibility index (Phi) is 4.27. The summed E-state index contributed by atoms with van der Waals surface area (Å²) in [4.78, 5) is 0. The molecule has 0 aromatic heterocycles. The largest absolute Gasteiger partial charge is 0.233 e. The maximum atomic E-state index is 10.3. The second kappa shape index (κ2) is 4.60. The molecule has 1 heteroatoms. The van der Waals surface area contributed by atoms with Crippen LogP contribution in [0.2, 0.25) is 0 Å². The van der Waals surface area contributed by atoms with Crippen molar-refractivity contribution in [1.29, 1.82) is 0 Å². The first-order valence-electron chi connectivity index (χ1n) is 2.70. The summed E-state index contributed by atoms with van der Waals surface area (Å²) in [6.45, 7) is 5.11. The number of hydrogen-bond donors (Lipinski definition) is 0. The molecule has 0 fully saturated rings. The Bertz CT molecular complexity index is 82.4. The van der Waals surface area contributed by atoms with Crippen LogP contribution < -0.4 is 0 Å². The van der Waals surface area contributed by atoms with E-state index in [4.69, 9.17) is 0 Å². The van der Waals surface area contributed by atoms with E-state index >= 15 is 0 Å². The molecule has 0 saturated carbocycles. The van der Waals surface area contributed by atoms with Gasteiger partial charge in [-0.15, -0.1) is 0 Å². The SMILES string of the molecule is C=CC=CCC(C)[O]. The molecule has 0 amide bonds. The summed E-state index contributed by atoms with van der Waals surface area (Å²) in [5, 5.41) is 10.3. The third-order valence-electron chi connectivity index (χ3n) is 0.740. The normalized spacial score (nSPS) is 14.2. The van der Waals surface area contributed by atoms with Crippen molar-refractivity contribution in [2.45, 2.75) is 19.4 Å². The third-order valence-corrected chi connectivity index (χ3v) is 0.740. The summed E-state index contributed by atoms with van der Waals surface area (Å²) in [5.74, 6) is 0. The Morgan fingerprint density at radius 2 is 2.38 bits per heavy atom. The van der Waals surface area contributed by atoms with E-state index in [1.807, 2.05) is 6.08 Å². The van der Waals surface area contributed by atoms with E-state index in [-0.39, 0.29) is 0 Å². The zero-order valence-corrected chi connectivity index (χ0v) is 5.13. The third kappa shape index (κ3) is 5.44. The summed E-state index contributed by atoms with van der Waals surface area (Å²) in [7, 11) is 0. The Hall–Kier alpha value is -0.560. The maximum absolute atomic E-state index is 10.3. The minimum Gasteiger partial charge on any atom is -0.233 e. The highest BCUT2D eigenvalue weighted by atomic mass is 16.3. The van der Waals surface area contributed by atoms with Crippen molar-refractivity contribution in [3.63, 3.8) is 0 Å². The van der Waals surface area contributed by atoms with Crippen molar-refractivity contribution in [3.8, 4) is 0 Å².